The second kappa shape index (κ2) is 7.57. The number of carbonyl (C=O) groups is 1. The van der Waals surface area contributed by atoms with Gasteiger partial charge in [0, 0.05) is 10.9 Å². The molecule has 4 aromatic rings. The van der Waals surface area contributed by atoms with Crippen molar-refractivity contribution in [3.05, 3.63) is 65.6 Å². The normalized spacial score (nSPS) is 10.6. The van der Waals surface area contributed by atoms with Gasteiger partial charge in [-0.1, -0.05) is 5.16 Å². The highest BCUT2D eigenvalue weighted by atomic mass is 32.1. The molecule has 0 radical (unpaired) electrons. The van der Waals surface area contributed by atoms with Crippen LogP contribution in [0.5, 0.6) is 5.75 Å². The molecule has 1 N–H and O–H groups in total. The fourth-order valence-corrected chi connectivity index (χ4v) is 3.18. The summed E-state index contributed by atoms with van der Waals surface area (Å²) >= 11 is 1.27. The molecule has 0 aliphatic rings. The number of hydrogen-bond acceptors (Lipinski definition) is 7. The molecule has 4 rings (SSSR count). The third-order valence-corrected chi connectivity index (χ3v) is 4.64. The molecule has 28 heavy (non-hydrogen) atoms. The summed E-state index contributed by atoms with van der Waals surface area (Å²) in [5, 5.41) is 8.60. The SMILES string of the molecule is COc1ccc(-c2csc(NC(=O)c3cnoc3-c3ccc(F)cc3)n2)nc1. The summed E-state index contributed by atoms with van der Waals surface area (Å²) < 4.78 is 23.4. The molecule has 0 saturated carbocycles. The van der Waals surface area contributed by atoms with Crippen molar-refractivity contribution in [2.45, 2.75) is 0 Å². The van der Waals surface area contributed by atoms with Crippen molar-refractivity contribution in [2.75, 3.05) is 12.4 Å². The van der Waals surface area contributed by atoms with Crippen LogP contribution in [0.4, 0.5) is 9.52 Å². The molecule has 7 nitrogen and oxygen atoms in total. The zero-order valence-electron chi connectivity index (χ0n) is 14.5. The topological polar surface area (TPSA) is 90.1 Å². The number of amides is 1. The highest BCUT2D eigenvalue weighted by molar-refractivity contribution is 7.14. The molecule has 0 unspecified atom stereocenters. The number of hydrogen-bond donors (Lipinski definition) is 1. The van der Waals surface area contributed by atoms with Gasteiger partial charge in [0.25, 0.3) is 5.91 Å². The van der Waals surface area contributed by atoms with Crippen LogP contribution >= 0.6 is 11.3 Å². The number of pyridine rings is 1. The van der Waals surface area contributed by atoms with Gasteiger partial charge in [0.05, 0.1) is 25.2 Å². The van der Waals surface area contributed by atoms with Crippen molar-refractivity contribution >= 4 is 22.4 Å². The van der Waals surface area contributed by atoms with Crippen LogP contribution in [0, 0.1) is 5.82 Å². The van der Waals surface area contributed by atoms with E-state index in [2.05, 4.69) is 20.4 Å². The van der Waals surface area contributed by atoms with Gasteiger partial charge >= 0.3 is 0 Å². The van der Waals surface area contributed by atoms with Crippen molar-refractivity contribution in [1.29, 1.82) is 0 Å². The number of ether oxygens (including phenoxy) is 1. The zero-order valence-corrected chi connectivity index (χ0v) is 15.4. The van der Waals surface area contributed by atoms with E-state index in [0.717, 1.165) is 0 Å². The summed E-state index contributed by atoms with van der Waals surface area (Å²) in [4.78, 5) is 21.3. The van der Waals surface area contributed by atoms with Gasteiger partial charge in [-0.25, -0.2) is 9.37 Å². The van der Waals surface area contributed by atoms with Gasteiger partial charge in [-0.15, -0.1) is 11.3 Å². The van der Waals surface area contributed by atoms with Gasteiger partial charge < -0.3 is 9.26 Å². The van der Waals surface area contributed by atoms with E-state index in [0.29, 0.717) is 27.8 Å². The van der Waals surface area contributed by atoms with E-state index < -0.39 is 5.91 Å². The first-order valence-electron chi connectivity index (χ1n) is 8.12. The maximum absolute atomic E-state index is 13.1. The number of thiazole rings is 1. The number of nitrogens with zero attached hydrogens (tertiary/aromatic N) is 3. The molecule has 0 aliphatic carbocycles. The Labute approximate surface area is 162 Å². The van der Waals surface area contributed by atoms with Crippen LogP contribution < -0.4 is 10.1 Å². The number of aromatic nitrogens is 3. The van der Waals surface area contributed by atoms with Crippen molar-refractivity contribution in [2.24, 2.45) is 0 Å². The van der Waals surface area contributed by atoms with Gasteiger partial charge in [-0.05, 0) is 36.4 Å². The molecule has 3 heterocycles. The smallest absolute Gasteiger partial charge is 0.263 e. The fraction of sp³-hybridized carbons (Fsp3) is 0.0526. The highest BCUT2D eigenvalue weighted by Crippen LogP contribution is 2.27. The number of halogens is 1. The number of carbonyl (C=O) groups excluding carboxylic acids is 1. The van der Waals surface area contributed by atoms with Crippen molar-refractivity contribution in [3.63, 3.8) is 0 Å². The largest absolute Gasteiger partial charge is 0.495 e. The number of methoxy groups -OCH3 is 1. The minimum Gasteiger partial charge on any atom is -0.495 e. The molecular weight excluding hydrogens is 383 g/mol. The summed E-state index contributed by atoms with van der Waals surface area (Å²) in [6, 6.07) is 9.17. The maximum atomic E-state index is 13.1. The van der Waals surface area contributed by atoms with Crippen LogP contribution in [0.2, 0.25) is 0 Å². The van der Waals surface area contributed by atoms with E-state index in [1.54, 1.807) is 30.8 Å². The second-order valence-electron chi connectivity index (χ2n) is 5.65. The molecule has 1 aromatic carbocycles. The minimum atomic E-state index is -0.427. The molecule has 0 spiro atoms. The Balaban J connectivity index is 1.53. The predicted octanol–water partition coefficient (Wildman–Crippen LogP) is 4.26. The van der Waals surface area contributed by atoms with Crippen LogP contribution in [0.1, 0.15) is 10.4 Å². The predicted molar refractivity (Wildman–Crippen MR) is 102 cm³/mol. The Hall–Kier alpha value is -3.59. The summed E-state index contributed by atoms with van der Waals surface area (Å²) in [6.45, 7) is 0. The molecule has 0 saturated heterocycles. The number of benzene rings is 1. The van der Waals surface area contributed by atoms with Gasteiger partial charge in [-0.3, -0.25) is 15.1 Å². The van der Waals surface area contributed by atoms with E-state index in [-0.39, 0.29) is 17.1 Å². The Kier molecular flexibility index (Phi) is 4.81. The van der Waals surface area contributed by atoms with E-state index in [1.807, 2.05) is 0 Å². The van der Waals surface area contributed by atoms with Crippen molar-refractivity contribution in [3.8, 4) is 28.5 Å². The highest BCUT2D eigenvalue weighted by Gasteiger charge is 2.19. The van der Waals surface area contributed by atoms with Gasteiger partial charge in [0.2, 0.25) is 0 Å². The lowest BCUT2D eigenvalue weighted by molar-refractivity contribution is 0.102. The van der Waals surface area contributed by atoms with Gasteiger partial charge in [0.1, 0.15) is 22.8 Å². The van der Waals surface area contributed by atoms with Crippen molar-refractivity contribution < 1.29 is 18.4 Å². The summed E-state index contributed by atoms with van der Waals surface area (Å²) in [5.74, 6) is 0.0975. The van der Waals surface area contributed by atoms with Crippen LogP contribution in [0.3, 0.4) is 0 Å². The molecule has 0 bridgehead atoms. The first-order valence-corrected chi connectivity index (χ1v) is 9.00. The average Bonchev–Trinajstić information content (AvgIpc) is 3.38. The first-order chi connectivity index (χ1) is 13.6. The Morgan fingerprint density at radius 2 is 1.96 bits per heavy atom. The number of anilines is 1. The third-order valence-electron chi connectivity index (χ3n) is 3.88. The molecule has 9 heteroatoms. The van der Waals surface area contributed by atoms with Gasteiger partial charge in [0.15, 0.2) is 10.9 Å². The third kappa shape index (κ3) is 3.60. The lowest BCUT2D eigenvalue weighted by Gasteiger charge is -2.02. The molecule has 0 fully saturated rings. The number of nitrogens with one attached hydrogen (secondary N) is 1. The first kappa shape index (κ1) is 17.8. The van der Waals surface area contributed by atoms with E-state index >= 15 is 0 Å². The molecular formula is C19H13FN4O3S. The fourth-order valence-electron chi connectivity index (χ4n) is 2.48. The molecule has 0 aliphatic heterocycles. The minimum absolute atomic E-state index is 0.228. The zero-order chi connectivity index (χ0) is 19.5. The standard InChI is InChI=1S/C19H13FN4O3S/c1-26-13-6-7-15(21-8-13)16-10-28-19(23-16)24-18(25)14-9-22-27-17(14)11-2-4-12(20)5-3-11/h2-10H,1H3,(H,23,24,25). The van der Waals surface area contributed by atoms with E-state index in [9.17, 15) is 9.18 Å². The Morgan fingerprint density at radius 1 is 1.14 bits per heavy atom. The van der Waals surface area contributed by atoms with E-state index in [4.69, 9.17) is 9.26 Å². The van der Waals surface area contributed by atoms with E-state index in [1.165, 1.54) is 41.8 Å². The second-order valence-corrected chi connectivity index (χ2v) is 6.51. The molecule has 3 aromatic heterocycles. The number of rotatable bonds is 5. The maximum Gasteiger partial charge on any atom is 0.263 e. The summed E-state index contributed by atoms with van der Waals surface area (Å²) in [7, 11) is 1.57. The van der Waals surface area contributed by atoms with Crippen LogP contribution in [-0.4, -0.2) is 28.1 Å². The van der Waals surface area contributed by atoms with Crippen LogP contribution in [-0.2, 0) is 0 Å². The Bertz CT molecular complexity index is 1110. The summed E-state index contributed by atoms with van der Waals surface area (Å²) in [6.07, 6.45) is 2.91. The molecule has 140 valence electrons. The quantitative estimate of drug-likeness (QED) is 0.542. The van der Waals surface area contributed by atoms with Crippen molar-refractivity contribution in [1.82, 2.24) is 15.1 Å². The lowest BCUT2D eigenvalue weighted by atomic mass is 10.1. The lowest BCUT2D eigenvalue weighted by Crippen LogP contribution is -2.11. The molecule has 0 atom stereocenters. The van der Waals surface area contributed by atoms with Crippen LogP contribution in [0.15, 0.2) is 58.7 Å². The van der Waals surface area contributed by atoms with Crippen LogP contribution in [0.25, 0.3) is 22.7 Å². The average molecular weight is 396 g/mol. The Morgan fingerprint density at radius 3 is 2.68 bits per heavy atom. The molecule has 1 amide bonds. The monoisotopic (exact) mass is 396 g/mol. The summed E-state index contributed by atoms with van der Waals surface area (Å²) in [5.41, 5.74) is 2.07. The van der Waals surface area contributed by atoms with Gasteiger partial charge in [-0.2, -0.15) is 0 Å².